The molecule has 2 aliphatic heterocycles. The number of nitrogens with zero attached hydrogens (tertiary/aromatic N) is 1. The van der Waals surface area contributed by atoms with Crippen LogP contribution in [0.25, 0.3) is 21.8 Å². The Morgan fingerprint density at radius 1 is 0.667 bits per heavy atom. The number of benzene rings is 4. The van der Waals surface area contributed by atoms with Gasteiger partial charge < -0.3 is 41.0 Å². The first-order chi connectivity index (χ1) is 24.9. The molecule has 7 N–H and O–H groups in total. The lowest BCUT2D eigenvalue weighted by molar-refractivity contribution is 0.0793. The van der Waals surface area contributed by atoms with Crippen LogP contribution in [0.15, 0.2) is 84.9 Å². The molecule has 2 aliphatic rings. The summed E-state index contributed by atoms with van der Waals surface area (Å²) in [6, 6.07) is 25.7. The smallest absolute Gasteiger partial charge is 0.254 e. The van der Waals surface area contributed by atoms with E-state index in [0.29, 0.717) is 24.2 Å². The van der Waals surface area contributed by atoms with Crippen LogP contribution in [0.2, 0.25) is 0 Å². The molecule has 2 unspecified atom stereocenters. The predicted octanol–water partition coefficient (Wildman–Crippen LogP) is 6.51. The number of nitrogens with one attached hydrogen (secondary N) is 5. The van der Waals surface area contributed by atoms with Crippen molar-refractivity contribution in [1.82, 2.24) is 30.8 Å². The SMILES string of the molecule is CN1C(=O)c2ccc(O)cc2C1c1c(CNCCCCCCNCc2[nH]c3ccccc3c2C2NC(=O)c3ccc(O)cc32)[nH]c2ccccc12. The first-order valence-electron chi connectivity index (χ1n) is 17.7. The Kier molecular flexibility index (Phi) is 8.71. The summed E-state index contributed by atoms with van der Waals surface area (Å²) in [7, 11) is 1.83. The minimum absolute atomic E-state index is 0.0373. The first kappa shape index (κ1) is 32.6. The van der Waals surface area contributed by atoms with Gasteiger partial charge in [-0.25, -0.2) is 0 Å². The first-order valence-corrected chi connectivity index (χ1v) is 17.7. The van der Waals surface area contributed by atoms with Gasteiger partial charge in [-0.1, -0.05) is 49.2 Å². The standard InChI is InChI=1S/C41H42N6O4/c1-47-39(31-21-25(49)15-17-27(31)41(47)51)37-29-11-5-7-13-33(29)45-35(37)23-43-19-9-3-2-8-18-42-22-34-36(28-10-4-6-12-32(28)44-34)38-30-20-24(48)14-16-26(30)40(50)46-38/h4-7,10-17,20-21,38-39,42-45,48-49H,2-3,8-9,18-19,22-23H2,1H3,(H,46,50). The highest BCUT2D eigenvalue weighted by atomic mass is 16.3. The van der Waals surface area contributed by atoms with Crippen molar-refractivity contribution in [1.29, 1.82) is 0 Å². The molecule has 4 aromatic carbocycles. The van der Waals surface area contributed by atoms with Crippen LogP contribution < -0.4 is 16.0 Å². The number of amides is 2. The van der Waals surface area contributed by atoms with E-state index in [1.165, 1.54) is 0 Å². The Labute approximate surface area is 295 Å². The summed E-state index contributed by atoms with van der Waals surface area (Å²) in [5.74, 6) is 0.145. The van der Waals surface area contributed by atoms with E-state index in [9.17, 15) is 19.8 Å². The van der Waals surface area contributed by atoms with E-state index in [2.05, 4.69) is 44.1 Å². The predicted molar refractivity (Wildman–Crippen MR) is 198 cm³/mol. The van der Waals surface area contributed by atoms with E-state index in [1.807, 2.05) is 37.4 Å². The Hall–Kier alpha value is -5.58. The van der Waals surface area contributed by atoms with E-state index in [4.69, 9.17) is 0 Å². The molecule has 8 rings (SSSR count). The number of carbonyl (C=O) groups is 2. The summed E-state index contributed by atoms with van der Waals surface area (Å²) >= 11 is 0. The zero-order valence-electron chi connectivity index (χ0n) is 28.6. The maximum absolute atomic E-state index is 13.1. The molecular formula is C41H42N6O4. The zero-order chi connectivity index (χ0) is 35.1. The number of aromatic hydroxyl groups is 2. The second-order valence-electron chi connectivity index (χ2n) is 13.7. The highest BCUT2D eigenvalue weighted by Crippen LogP contribution is 2.43. The summed E-state index contributed by atoms with van der Waals surface area (Å²) in [6.07, 6.45) is 4.31. The van der Waals surface area contributed by atoms with Crippen LogP contribution in [0, 0.1) is 0 Å². The molecule has 2 aromatic heterocycles. The third-order valence-electron chi connectivity index (χ3n) is 10.4. The van der Waals surface area contributed by atoms with Gasteiger partial charge >= 0.3 is 0 Å². The Morgan fingerprint density at radius 2 is 1.22 bits per heavy atom. The van der Waals surface area contributed by atoms with Crippen molar-refractivity contribution in [3.8, 4) is 11.5 Å². The lowest BCUT2D eigenvalue weighted by Gasteiger charge is -2.22. The zero-order valence-corrected chi connectivity index (χ0v) is 28.6. The number of aromatic nitrogens is 2. The number of para-hydroxylation sites is 2. The topological polar surface area (TPSA) is 146 Å². The third kappa shape index (κ3) is 6.00. The number of phenols is 2. The van der Waals surface area contributed by atoms with E-state index in [1.54, 1.807) is 41.3 Å². The van der Waals surface area contributed by atoms with E-state index >= 15 is 0 Å². The second kappa shape index (κ2) is 13.6. The van der Waals surface area contributed by atoms with Crippen molar-refractivity contribution in [2.24, 2.45) is 0 Å². The number of H-pyrrole nitrogens is 2. The molecule has 0 fully saturated rings. The van der Waals surface area contributed by atoms with Gasteiger partial charge in [0, 0.05) is 75.6 Å². The van der Waals surface area contributed by atoms with E-state index in [0.717, 1.165) is 94.2 Å². The maximum Gasteiger partial charge on any atom is 0.254 e. The van der Waals surface area contributed by atoms with Gasteiger partial charge in [-0.05, 0) is 85.6 Å². The average Bonchev–Trinajstić information content (AvgIpc) is 3.84. The second-order valence-corrected chi connectivity index (χ2v) is 13.7. The fraction of sp³-hybridized carbons (Fsp3) is 0.268. The van der Waals surface area contributed by atoms with Gasteiger partial charge in [-0.15, -0.1) is 0 Å². The van der Waals surface area contributed by atoms with Gasteiger partial charge in [0.1, 0.15) is 11.5 Å². The van der Waals surface area contributed by atoms with Crippen molar-refractivity contribution in [2.45, 2.75) is 50.9 Å². The number of hydrogen-bond donors (Lipinski definition) is 7. The normalized spacial score (nSPS) is 16.7. The molecule has 0 saturated carbocycles. The van der Waals surface area contributed by atoms with Gasteiger partial charge in [-0.3, -0.25) is 9.59 Å². The largest absolute Gasteiger partial charge is 0.508 e. The van der Waals surface area contributed by atoms with Crippen LogP contribution >= 0.6 is 0 Å². The van der Waals surface area contributed by atoms with Gasteiger partial charge in [0.2, 0.25) is 0 Å². The van der Waals surface area contributed by atoms with Crippen LogP contribution in [0.5, 0.6) is 11.5 Å². The number of phenolic OH excluding ortho intramolecular Hbond substituents is 2. The number of unbranched alkanes of at least 4 members (excludes halogenated alkanes) is 3. The maximum atomic E-state index is 13.1. The third-order valence-corrected chi connectivity index (χ3v) is 10.4. The Bertz CT molecular complexity index is 2270. The molecule has 2 atom stereocenters. The molecule has 2 amide bonds. The molecule has 51 heavy (non-hydrogen) atoms. The minimum Gasteiger partial charge on any atom is -0.508 e. The van der Waals surface area contributed by atoms with Crippen molar-refractivity contribution in [3.05, 3.63) is 130 Å². The van der Waals surface area contributed by atoms with Crippen molar-refractivity contribution >= 4 is 33.6 Å². The monoisotopic (exact) mass is 682 g/mol. The summed E-state index contributed by atoms with van der Waals surface area (Å²) < 4.78 is 0. The van der Waals surface area contributed by atoms with Crippen molar-refractivity contribution in [3.63, 3.8) is 0 Å². The Balaban J connectivity index is 0.844. The lowest BCUT2D eigenvalue weighted by Crippen LogP contribution is -2.25. The summed E-state index contributed by atoms with van der Waals surface area (Å²) in [5, 5.41) is 32.9. The number of hydrogen-bond acceptors (Lipinski definition) is 6. The molecule has 0 saturated heterocycles. The van der Waals surface area contributed by atoms with Crippen LogP contribution in [-0.4, -0.2) is 57.0 Å². The Morgan fingerprint density at radius 3 is 1.86 bits per heavy atom. The van der Waals surface area contributed by atoms with E-state index in [-0.39, 0.29) is 35.4 Å². The number of carbonyl (C=O) groups excluding carboxylic acids is 2. The molecule has 10 heteroatoms. The molecule has 4 heterocycles. The average molecular weight is 683 g/mol. The van der Waals surface area contributed by atoms with Crippen LogP contribution in [0.3, 0.4) is 0 Å². The van der Waals surface area contributed by atoms with Crippen LogP contribution in [0.1, 0.15) is 92.1 Å². The molecule has 0 aliphatic carbocycles. The van der Waals surface area contributed by atoms with Crippen molar-refractivity contribution < 1.29 is 19.8 Å². The van der Waals surface area contributed by atoms with Crippen molar-refractivity contribution in [2.75, 3.05) is 20.1 Å². The molecule has 10 nitrogen and oxygen atoms in total. The molecule has 0 radical (unpaired) electrons. The number of aromatic amines is 2. The fourth-order valence-corrected chi connectivity index (χ4v) is 7.99. The van der Waals surface area contributed by atoms with Crippen LogP contribution in [0.4, 0.5) is 0 Å². The minimum atomic E-state index is -0.328. The highest BCUT2D eigenvalue weighted by molar-refractivity contribution is 6.02. The fourth-order valence-electron chi connectivity index (χ4n) is 7.99. The molecule has 260 valence electrons. The summed E-state index contributed by atoms with van der Waals surface area (Å²) in [6.45, 7) is 3.04. The molecule has 0 spiro atoms. The molecular weight excluding hydrogens is 640 g/mol. The lowest BCUT2D eigenvalue weighted by atomic mass is 9.95. The quantitative estimate of drug-likeness (QED) is 0.0692. The van der Waals surface area contributed by atoms with E-state index < -0.39 is 0 Å². The summed E-state index contributed by atoms with van der Waals surface area (Å²) in [5.41, 5.74) is 9.11. The molecule has 6 aromatic rings. The number of rotatable bonds is 13. The highest BCUT2D eigenvalue weighted by Gasteiger charge is 2.38. The molecule has 0 bridgehead atoms. The number of fused-ring (bicyclic) bond motifs is 4. The van der Waals surface area contributed by atoms with Gasteiger partial charge in [0.05, 0.1) is 12.1 Å². The van der Waals surface area contributed by atoms with Crippen LogP contribution in [-0.2, 0) is 13.1 Å². The van der Waals surface area contributed by atoms with Gasteiger partial charge in [0.25, 0.3) is 11.8 Å². The van der Waals surface area contributed by atoms with Gasteiger partial charge in [0.15, 0.2) is 0 Å². The summed E-state index contributed by atoms with van der Waals surface area (Å²) in [4.78, 5) is 34.8. The van der Waals surface area contributed by atoms with Gasteiger partial charge in [-0.2, -0.15) is 0 Å².